The van der Waals surface area contributed by atoms with Crippen molar-refractivity contribution in [1.29, 1.82) is 5.26 Å². The largest absolute Gasteiger partial charge is 0.412 e. The van der Waals surface area contributed by atoms with Crippen molar-refractivity contribution in [3.05, 3.63) is 65.2 Å². The molecule has 2 aromatic carbocycles. The van der Waals surface area contributed by atoms with Crippen LogP contribution in [0.15, 0.2) is 48.5 Å². The number of carbonyl (C=O) groups is 1. The van der Waals surface area contributed by atoms with Gasteiger partial charge in [-0.1, -0.05) is 29.8 Å². The highest BCUT2D eigenvalue weighted by Gasteiger charge is 2.31. The number of carbonyl (C=O) groups excluding carboxylic acids is 1. The lowest BCUT2D eigenvalue weighted by atomic mass is 10.1. The summed E-state index contributed by atoms with van der Waals surface area (Å²) < 4.78 is 36.5. The highest BCUT2D eigenvalue weighted by atomic mass is 32.2. The maximum Gasteiger partial charge on any atom is 0.412 e. The average Bonchev–Trinajstić information content (AvgIpc) is 2.73. The molecule has 2 rings (SSSR count). The van der Waals surface area contributed by atoms with Crippen molar-refractivity contribution in [2.45, 2.75) is 38.2 Å². The summed E-state index contributed by atoms with van der Waals surface area (Å²) in [5.74, 6) is 0.0299. The molecular weight excluding hydrogens is 404 g/mol. The Morgan fingerprint density at radius 3 is 2.23 bits per heavy atom. The van der Waals surface area contributed by atoms with Gasteiger partial charge < -0.3 is 14.8 Å². The lowest BCUT2D eigenvalue weighted by molar-refractivity contribution is 0.0884. The second kappa shape index (κ2) is 10.2. The number of hydrogen-bond acceptors (Lipinski definition) is 6. The zero-order valence-corrected chi connectivity index (χ0v) is 18.3. The minimum absolute atomic E-state index is 0.327. The number of benzene rings is 2. The van der Waals surface area contributed by atoms with E-state index in [2.05, 4.69) is 5.32 Å². The molecule has 0 spiro atoms. The van der Waals surface area contributed by atoms with Gasteiger partial charge in [-0.2, -0.15) is 5.26 Å². The minimum Gasteiger partial charge on any atom is -0.410 e. The maximum atomic E-state index is 13.0. The molecule has 2 aromatic rings. The summed E-state index contributed by atoms with van der Waals surface area (Å²) in [6.45, 7) is 5.18. The fourth-order valence-electron chi connectivity index (χ4n) is 2.78. The van der Waals surface area contributed by atoms with Gasteiger partial charge in [0.15, 0.2) is 9.84 Å². The van der Waals surface area contributed by atoms with Crippen LogP contribution in [-0.2, 0) is 14.6 Å². The summed E-state index contributed by atoms with van der Waals surface area (Å²) in [7, 11) is -2.20. The first-order valence-electron chi connectivity index (χ1n) is 9.45. The van der Waals surface area contributed by atoms with E-state index in [1.54, 1.807) is 50.2 Å². The zero-order chi connectivity index (χ0) is 22.3. The van der Waals surface area contributed by atoms with Crippen LogP contribution in [0.1, 0.15) is 35.8 Å². The van der Waals surface area contributed by atoms with Crippen molar-refractivity contribution >= 4 is 15.9 Å². The SMILES string of the molecule is COC(C)[C@@H](CS(=O)(=O)C(C)c1ccc(C#N)cc1)NC(=O)Oc1ccc(C)cc1. The van der Waals surface area contributed by atoms with Crippen LogP contribution in [0.5, 0.6) is 5.75 Å². The molecule has 0 saturated carbocycles. The molecular formula is C22H26N2O5S. The van der Waals surface area contributed by atoms with Gasteiger partial charge in [0, 0.05) is 7.11 Å². The van der Waals surface area contributed by atoms with Crippen LogP contribution < -0.4 is 10.1 Å². The van der Waals surface area contributed by atoms with Gasteiger partial charge in [-0.05, 0) is 50.6 Å². The molecule has 160 valence electrons. The van der Waals surface area contributed by atoms with E-state index in [-0.39, 0.29) is 5.75 Å². The maximum absolute atomic E-state index is 13.0. The highest BCUT2D eigenvalue weighted by molar-refractivity contribution is 7.91. The molecule has 0 bridgehead atoms. The van der Waals surface area contributed by atoms with E-state index < -0.39 is 33.3 Å². The Bertz CT molecular complexity index is 995. The molecule has 7 nitrogen and oxygen atoms in total. The van der Waals surface area contributed by atoms with Gasteiger partial charge >= 0.3 is 6.09 Å². The van der Waals surface area contributed by atoms with E-state index >= 15 is 0 Å². The second-order valence-electron chi connectivity index (χ2n) is 7.10. The van der Waals surface area contributed by atoms with Crippen LogP contribution in [0, 0.1) is 18.3 Å². The van der Waals surface area contributed by atoms with Gasteiger partial charge in [0.25, 0.3) is 0 Å². The Morgan fingerprint density at radius 1 is 1.10 bits per heavy atom. The molecule has 0 fully saturated rings. The first-order chi connectivity index (χ1) is 14.2. The van der Waals surface area contributed by atoms with Crippen molar-refractivity contribution < 1.29 is 22.7 Å². The lowest BCUT2D eigenvalue weighted by Crippen LogP contribution is -2.48. The fraction of sp³-hybridized carbons (Fsp3) is 0.364. The number of nitrogens with one attached hydrogen (secondary N) is 1. The number of rotatable bonds is 8. The van der Waals surface area contributed by atoms with E-state index in [1.807, 2.05) is 25.1 Å². The van der Waals surface area contributed by atoms with E-state index in [0.29, 0.717) is 16.9 Å². The summed E-state index contributed by atoms with van der Waals surface area (Å²) in [6, 6.07) is 14.5. The number of nitriles is 1. The van der Waals surface area contributed by atoms with Crippen molar-refractivity contribution in [3.8, 4) is 11.8 Å². The first-order valence-corrected chi connectivity index (χ1v) is 11.2. The monoisotopic (exact) mass is 430 g/mol. The van der Waals surface area contributed by atoms with Crippen LogP contribution in [0.2, 0.25) is 0 Å². The molecule has 0 aliphatic rings. The predicted molar refractivity (Wildman–Crippen MR) is 114 cm³/mol. The zero-order valence-electron chi connectivity index (χ0n) is 17.5. The van der Waals surface area contributed by atoms with Gasteiger partial charge in [0.05, 0.1) is 34.8 Å². The summed E-state index contributed by atoms with van der Waals surface area (Å²) in [4.78, 5) is 12.3. The molecule has 0 aliphatic carbocycles. The summed E-state index contributed by atoms with van der Waals surface area (Å²) in [5.41, 5.74) is 2.05. The molecule has 8 heteroatoms. The van der Waals surface area contributed by atoms with E-state index in [9.17, 15) is 13.2 Å². The summed E-state index contributed by atoms with van der Waals surface area (Å²) >= 11 is 0. The van der Waals surface area contributed by atoms with E-state index in [1.165, 1.54) is 7.11 Å². The molecule has 1 N–H and O–H groups in total. The van der Waals surface area contributed by atoms with E-state index in [4.69, 9.17) is 14.7 Å². The molecule has 1 amide bonds. The Labute approximate surface area is 177 Å². The Hall–Kier alpha value is -2.89. The van der Waals surface area contributed by atoms with Gasteiger partial charge in [-0.15, -0.1) is 0 Å². The quantitative estimate of drug-likeness (QED) is 0.687. The smallest absolute Gasteiger partial charge is 0.410 e. The molecule has 0 radical (unpaired) electrons. The number of ether oxygens (including phenoxy) is 2. The van der Waals surface area contributed by atoms with E-state index in [0.717, 1.165) is 5.56 Å². The summed E-state index contributed by atoms with van der Waals surface area (Å²) in [5, 5.41) is 10.7. The lowest BCUT2D eigenvalue weighted by Gasteiger charge is -2.25. The van der Waals surface area contributed by atoms with Crippen molar-refractivity contribution in [2.24, 2.45) is 0 Å². The highest BCUT2D eigenvalue weighted by Crippen LogP contribution is 2.24. The fourth-order valence-corrected chi connectivity index (χ4v) is 4.50. The minimum atomic E-state index is -3.64. The van der Waals surface area contributed by atoms with Crippen molar-refractivity contribution in [3.63, 3.8) is 0 Å². The van der Waals surface area contributed by atoms with Crippen LogP contribution >= 0.6 is 0 Å². The molecule has 2 unspecified atom stereocenters. The molecule has 0 aromatic heterocycles. The third-order valence-corrected chi connectivity index (χ3v) is 7.11. The number of hydrogen-bond donors (Lipinski definition) is 1. The molecule has 0 heterocycles. The number of aryl methyl sites for hydroxylation is 1. The van der Waals surface area contributed by atoms with Crippen LogP contribution in [-0.4, -0.2) is 39.5 Å². The number of amides is 1. The topological polar surface area (TPSA) is 105 Å². The summed E-state index contributed by atoms with van der Waals surface area (Å²) in [6.07, 6.45) is -1.31. The van der Waals surface area contributed by atoms with Crippen LogP contribution in [0.25, 0.3) is 0 Å². The van der Waals surface area contributed by atoms with Crippen LogP contribution in [0.4, 0.5) is 4.79 Å². The van der Waals surface area contributed by atoms with Crippen LogP contribution in [0.3, 0.4) is 0 Å². The van der Waals surface area contributed by atoms with Gasteiger partial charge in [-0.25, -0.2) is 13.2 Å². The Morgan fingerprint density at radius 2 is 1.70 bits per heavy atom. The van der Waals surface area contributed by atoms with Crippen molar-refractivity contribution in [1.82, 2.24) is 5.32 Å². The number of sulfone groups is 1. The molecule has 3 atom stereocenters. The molecule has 0 aliphatic heterocycles. The normalized spacial score (nSPS) is 14.2. The number of methoxy groups -OCH3 is 1. The average molecular weight is 431 g/mol. The van der Waals surface area contributed by atoms with Gasteiger partial charge in [0.2, 0.25) is 0 Å². The molecule has 0 saturated heterocycles. The third kappa shape index (κ3) is 6.31. The third-order valence-electron chi connectivity index (χ3n) is 4.93. The Balaban J connectivity index is 2.12. The predicted octanol–water partition coefficient (Wildman–Crippen LogP) is 3.53. The Kier molecular flexibility index (Phi) is 7.98. The van der Waals surface area contributed by atoms with Gasteiger partial charge in [0.1, 0.15) is 5.75 Å². The van der Waals surface area contributed by atoms with Crippen molar-refractivity contribution in [2.75, 3.05) is 12.9 Å². The standard InChI is InChI=1S/C22H26N2O5S/c1-15-5-11-20(12-6-15)29-22(25)24-21(16(2)28-4)14-30(26,27)17(3)19-9-7-18(13-23)8-10-19/h5-12,16-17,21H,14H2,1-4H3,(H,24,25)/t16?,17?,21-/m1/s1. The van der Waals surface area contributed by atoms with Gasteiger partial charge in [-0.3, -0.25) is 0 Å². The first kappa shape index (κ1) is 23.4. The second-order valence-corrected chi connectivity index (χ2v) is 9.47. The molecule has 30 heavy (non-hydrogen) atoms. The number of nitrogens with zero attached hydrogens (tertiary/aromatic N) is 1.